The maximum atomic E-state index is 12.6. The largest absolute Gasteiger partial charge is 0.376 e. The zero-order valence-electron chi connectivity index (χ0n) is 21.4. The Morgan fingerprint density at radius 3 is 1.91 bits per heavy atom. The van der Waals surface area contributed by atoms with Gasteiger partial charge in [0.25, 0.3) is 11.8 Å². The zero-order chi connectivity index (χ0) is 25.0. The van der Waals surface area contributed by atoms with Crippen molar-refractivity contribution >= 4 is 23.5 Å². The van der Waals surface area contributed by atoms with Crippen LogP contribution in [0.25, 0.3) is 0 Å². The van der Waals surface area contributed by atoms with E-state index in [1.807, 2.05) is 41.5 Å². The van der Waals surface area contributed by atoms with Gasteiger partial charge in [0, 0.05) is 41.7 Å². The van der Waals surface area contributed by atoms with Crippen molar-refractivity contribution in [2.75, 3.05) is 6.61 Å². The first-order chi connectivity index (χ1) is 14.4. The molecule has 0 radical (unpaired) electrons. The zero-order valence-corrected chi connectivity index (χ0v) is 21.4. The van der Waals surface area contributed by atoms with Crippen LogP contribution in [0.3, 0.4) is 0 Å². The maximum absolute atomic E-state index is 12.6. The summed E-state index contributed by atoms with van der Waals surface area (Å²) in [6, 6.07) is 0. The van der Waals surface area contributed by atoms with Crippen molar-refractivity contribution in [1.82, 2.24) is 10.2 Å². The number of nitrogens with zero attached hydrogens (tertiary/aromatic N) is 1. The number of carbonyl (C=O) groups excluding carboxylic acids is 4. The molecule has 0 saturated heterocycles. The summed E-state index contributed by atoms with van der Waals surface area (Å²) in [7, 11) is 0. The molecule has 1 heterocycles. The number of amides is 3. The van der Waals surface area contributed by atoms with Crippen LogP contribution in [0.15, 0.2) is 12.2 Å². The molecule has 0 atom stereocenters. The molecule has 1 rings (SSSR count). The van der Waals surface area contributed by atoms with Gasteiger partial charge in [-0.05, 0) is 74.1 Å². The highest BCUT2D eigenvalue weighted by atomic mass is 16.5. The van der Waals surface area contributed by atoms with Gasteiger partial charge in [0.2, 0.25) is 5.91 Å². The summed E-state index contributed by atoms with van der Waals surface area (Å²) in [5.41, 5.74) is -1.93. The molecule has 0 bridgehead atoms. The highest BCUT2D eigenvalue weighted by Gasteiger charge is 2.37. The first-order valence-electron chi connectivity index (χ1n) is 11.4. The fourth-order valence-electron chi connectivity index (χ4n) is 3.47. The third kappa shape index (κ3) is 8.49. The Kier molecular flexibility index (Phi) is 9.00. The van der Waals surface area contributed by atoms with Crippen molar-refractivity contribution in [3.05, 3.63) is 12.2 Å². The minimum atomic E-state index is -0.734. The first-order valence-corrected chi connectivity index (χ1v) is 11.4. The van der Waals surface area contributed by atoms with Crippen LogP contribution in [0.1, 0.15) is 94.4 Å². The molecule has 0 aromatic rings. The molecule has 0 saturated carbocycles. The van der Waals surface area contributed by atoms with Crippen molar-refractivity contribution in [2.24, 2.45) is 5.41 Å². The second kappa shape index (κ2) is 10.3. The molecular formula is C25H42N2O5. The van der Waals surface area contributed by atoms with Crippen molar-refractivity contribution < 1.29 is 23.9 Å². The molecule has 0 aliphatic carbocycles. The molecule has 7 nitrogen and oxygen atoms in total. The molecule has 182 valence electrons. The molecule has 32 heavy (non-hydrogen) atoms. The average Bonchev–Trinajstić information content (AvgIpc) is 2.97. The normalized spacial score (nSPS) is 15.5. The highest BCUT2D eigenvalue weighted by Crippen LogP contribution is 2.27. The van der Waals surface area contributed by atoms with Crippen LogP contribution in [0, 0.1) is 5.41 Å². The lowest BCUT2D eigenvalue weighted by molar-refractivity contribution is -0.143. The topological polar surface area (TPSA) is 92.8 Å². The highest BCUT2D eigenvalue weighted by molar-refractivity contribution is 6.13. The van der Waals surface area contributed by atoms with Gasteiger partial charge in [-0.2, -0.15) is 0 Å². The van der Waals surface area contributed by atoms with Crippen molar-refractivity contribution in [1.29, 1.82) is 0 Å². The number of imide groups is 1. The van der Waals surface area contributed by atoms with Crippen LogP contribution in [0.4, 0.5) is 0 Å². The summed E-state index contributed by atoms with van der Waals surface area (Å²) in [4.78, 5) is 49.3. The minimum Gasteiger partial charge on any atom is -0.376 e. The smallest absolute Gasteiger partial charge is 0.254 e. The van der Waals surface area contributed by atoms with E-state index in [4.69, 9.17) is 4.74 Å². The fourth-order valence-corrected chi connectivity index (χ4v) is 3.47. The Balaban J connectivity index is 2.49. The average molecular weight is 451 g/mol. The van der Waals surface area contributed by atoms with Gasteiger partial charge < -0.3 is 10.1 Å². The predicted octanol–water partition coefficient (Wildman–Crippen LogP) is 3.95. The van der Waals surface area contributed by atoms with Crippen LogP contribution in [0.2, 0.25) is 0 Å². The van der Waals surface area contributed by atoms with E-state index >= 15 is 0 Å². The number of carbonyl (C=O) groups is 4. The first kappa shape index (κ1) is 28.0. The van der Waals surface area contributed by atoms with E-state index in [0.717, 1.165) is 12.8 Å². The SMILES string of the molecule is CC(=O)C(C)(C)CCOC(C)(C)CCC(C)(C)NC(=O)CCC(C)(C)N1C(=O)C=CC1=O. The van der Waals surface area contributed by atoms with E-state index in [1.165, 1.54) is 17.1 Å². The van der Waals surface area contributed by atoms with Crippen LogP contribution < -0.4 is 5.32 Å². The quantitative estimate of drug-likeness (QED) is 0.429. The fraction of sp³-hybridized carbons (Fsp3) is 0.760. The van der Waals surface area contributed by atoms with E-state index in [0.29, 0.717) is 19.4 Å². The molecule has 0 unspecified atom stereocenters. The van der Waals surface area contributed by atoms with Crippen LogP contribution >= 0.6 is 0 Å². The van der Waals surface area contributed by atoms with E-state index in [1.54, 1.807) is 20.8 Å². The number of hydrogen-bond donors (Lipinski definition) is 1. The molecule has 7 heteroatoms. The number of hydrogen-bond acceptors (Lipinski definition) is 5. The summed E-state index contributed by atoms with van der Waals surface area (Å²) in [6.45, 7) is 17.5. The van der Waals surface area contributed by atoms with Gasteiger partial charge in [0.1, 0.15) is 5.78 Å². The van der Waals surface area contributed by atoms with Gasteiger partial charge in [0.05, 0.1) is 5.60 Å². The number of ether oxygens (including phenoxy) is 1. The standard InChI is InChI=1S/C25H42N2O5/c1-18(28)22(2,3)16-17-32-25(8,9)15-14-23(4,5)26-19(29)12-13-24(6,7)27-20(30)10-11-21(27)31/h10-11H,12-17H2,1-9H3,(H,26,29). The van der Waals surface area contributed by atoms with Crippen molar-refractivity contribution in [2.45, 2.75) is 111 Å². The summed E-state index contributed by atoms with van der Waals surface area (Å²) < 4.78 is 6.04. The van der Waals surface area contributed by atoms with Gasteiger partial charge in [0.15, 0.2) is 0 Å². The number of ketones is 1. The van der Waals surface area contributed by atoms with Crippen LogP contribution in [-0.2, 0) is 23.9 Å². The Morgan fingerprint density at radius 2 is 1.41 bits per heavy atom. The number of rotatable bonds is 13. The maximum Gasteiger partial charge on any atom is 0.254 e. The van der Waals surface area contributed by atoms with E-state index in [-0.39, 0.29) is 35.5 Å². The molecular weight excluding hydrogens is 408 g/mol. The van der Waals surface area contributed by atoms with E-state index in [9.17, 15) is 19.2 Å². The van der Waals surface area contributed by atoms with Crippen LogP contribution in [-0.4, -0.2) is 51.7 Å². The van der Waals surface area contributed by atoms with Crippen LogP contribution in [0.5, 0.6) is 0 Å². The molecule has 0 spiro atoms. The van der Waals surface area contributed by atoms with Gasteiger partial charge in [-0.3, -0.25) is 24.1 Å². The Morgan fingerprint density at radius 1 is 0.875 bits per heavy atom. The molecule has 1 aliphatic rings. The Bertz CT molecular complexity index is 744. The summed E-state index contributed by atoms with van der Waals surface area (Å²) in [5.74, 6) is -0.637. The summed E-state index contributed by atoms with van der Waals surface area (Å²) in [5, 5.41) is 3.07. The lowest BCUT2D eigenvalue weighted by Gasteiger charge is -2.35. The molecule has 0 aromatic heterocycles. The third-order valence-corrected chi connectivity index (χ3v) is 6.38. The monoisotopic (exact) mass is 450 g/mol. The molecule has 0 fully saturated rings. The van der Waals surface area contributed by atoms with Gasteiger partial charge in [-0.15, -0.1) is 0 Å². The van der Waals surface area contributed by atoms with Gasteiger partial charge >= 0.3 is 0 Å². The second-order valence-electron chi connectivity index (χ2n) is 11.4. The molecule has 1 aliphatic heterocycles. The van der Waals surface area contributed by atoms with Gasteiger partial charge in [-0.1, -0.05) is 13.8 Å². The Hall–Kier alpha value is -2.02. The molecule has 1 N–H and O–H groups in total. The van der Waals surface area contributed by atoms with Crippen molar-refractivity contribution in [3.8, 4) is 0 Å². The second-order valence-corrected chi connectivity index (χ2v) is 11.4. The Labute approximate surface area is 193 Å². The summed E-state index contributed by atoms with van der Waals surface area (Å²) in [6.07, 6.45) is 5.25. The van der Waals surface area contributed by atoms with E-state index < -0.39 is 16.5 Å². The van der Waals surface area contributed by atoms with Crippen molar-refractivity contribution in [3.63, 3.8) is 0 Å². The van der Waals surface area contributed by atoms with Gasteiger partial charge in [-0.25, -0.2) is 0 Å². The lowest BCUT2D eigenvalue weighted by atomic mass is 9.85. The molecule has 0 aromatic carbocycles. The number of nitrogens with one attached hydrogen (secondary N) is 1. The predicted molar refractivity (Wildman–Crippen MR) is 125 cm³/mol. The number of Topliss-reactive ketones (excluding diaryl/α,β-unsaturated/α-hetero) is 1. The minimum absolute atomic E-state index is 0.114. The third-order valence-electron chi connectivity index (χ3n) is 6.38. The molecule has 3 amide bonds. The lowest BCUT2D eigenvalue weighted by Crippen LogP contribution is -2.49. The summed E-state index contributed by atoms with van der Waals surface area (Å²) >= 11 is 0. The van der Waals surface area contributed by atoms with E-state index in [2.05, 4.69) is 5.32 Å².